The van der Waals surface area contributed by atoms with E-state index in [2.05, 4.69) is 11.2 Å². The van der Waals surface area contributed by atoms with Gasteiger partial charge in [0.1, 0.15) is 0 Å². The van der Waals surface area contributed by atoms with Crippen molar-refractivity contribution in [2.75, 3.05) is 5.32 Å². The molecular formula is C11H9ClN2. The van der Waals surface area contributed by atoms with Crippen LogP contribution in [0.1, 0.15) is 12.5 Å². The predicted molar refractivity (Wildman–Crippen MR) is 58.1 cm³/mol. The summed E-state index contributed by atoms with van der Waals surface area (Å²) < 4.78 is 0. The highest BCUT2D eigenvalue weighted by molar-refractivity contribution is 6.33. The van der Waals surface area contributed by atoms with Gasteiger partial charge in [-0.25, -0.2) is 0 Å². The summed E-state index contributed by atoms with van der Waals surface area (Å²) in [4.78, 5) is 0. The van der Waals surface area contributed by atoms with Gasteiger partial charge in [0.25, 0.3) is 0 Å². The Labute approximate surface area is 88.5 Å². The molecule has 1 unspecified atom stereocenters. The number of rotatable bonds is 2. The van der Waals surface area contributed by atoms with Crippen molar-refractivity contribution in [1.82, 2.24) is 0 Å². The van der Waals surface area contributed by atoms with Gasteiger partial charge in [-0.05, 0) is 25.1 Å². The lowest BCUT2D eigenvalue weighted by molar-refractivity contribution is 1.04. The van der Waals surface area contributed by atoms with Crippen molar-refractivity contribution in [3.8, 4) is 18.4 Å². The lowest BCUT2D eigenvalue weighted by Crippen LogP contribution is -2.12. The molecule has 0 radical (unpaired) electrons. The zero-order valence-corrected chi connectivity index (χ0v) is 8.47. The van der Waals surface area contributed by atoms with Crippen molar-refractivity contribution in [2.24, 2.45) is 0 Å². The number of halogens is 1. The Hall–Kier alpha value is -1.64. The first kappa shape index (κ1) is 10.4. The number of hydrogen-bond donors (Lipinski definition) is 1. The first-order valence-electron chi connectivity index (χ1n) is 4.09. The summed E-state index contributed by atoms with van der Waals surface area (Å²) in [6, 6.07) is 6.94. The summed E-state index contributed by atoms with van der Waals surface area (Å²) in [5.41, 5.74) is 1.25. The summed E-state index contributed by atoms with van der Waals surface area (Å²) in [5.74, 6) is 2.53. The minimum atomic E-state index is -0.110. The molecule has 0 aliphatic heterocycles. The maximum Gasteiger partial charge on any atom is 0.0992 e. The Morgan fingerprint density at radius 1 is 1.57 bits per heavy atom. The van der Waals surface area contributed by atoms with Crippen LogP contribution in [-0.4, -0.2) is 6.04 Å². The van der Waals surface area contributed by atoms with Crippen LogP contribution in [0.5, 0.6) is 0 Å². The first-order valence-corrected chi connectivity index (χ1v) is 4.47. The maximum atomic E-state index is 8.68. The Bertz CT molecular complexity index is 412. The molecule has 0 amide bonds. The van der Waals surface area contributed by atoms with E-state index in [0.717, 1.165) is 0 Å². The van der Waals surface area contributed by atoms with Crippen molar-refractivity contribution in [3.05, 3.63) is 28.8 Å². The third-order valence-electron chi connectivity index (χ3n) is 1.72. The molecule has 14 heavy (non-hydrogen) atoms. The third kappa shape index (κ3) is 2.42. The standard InChI is InChI=1S/C11H9ClN2/c1-3-8(2)14-11-6-9(7-13)4-5-10(11)12/h1,4-6,8,14H,2H3. The summed E-state index contributed by atoms with van der Waals surface area (Å²) in [6.07, 6.45) is 5.22. The normalized spacial score (nSPS) is 11.1. The van der Waals surface area contributed by atoms with E-state index in [0.29, 0.717) is 16.3 Å². The molecule has 1 atom stereocenters. The van der Waals surface area contributed by atoms with Gasteiger partial charge in [0.2, 0.25) is 0 Å². The number of hydrogen-bond acceptors (Lipinski definition) is 2. The summed E-state index contributed by atoms with van der Waals surface area (Å²) in [5, 5.41) is 12.3. The van der Waals surface area contributed by atoms with Gasteiger partial charge >= 0.3 is 0 Å². The van der Waals surface area contributed by atoms with Crippen molar-refractivity contribution in [2.45, 2.75) is 13.0 Å². The lowest BCUT2D eigenvalue weighted by Gasteiger charge is -2.10. The summed E-state index contributed by atoms with van der Waals surface area (Å²) >= 11 is 5.91. The molecular weight excluding hydrogens is 196 g/mol. The largest absolute Gasteiger partial charge is 0.371 e. The molecule has 0 saturated carbocycles. The van der Waals surface area contributed by atoms with Gasteiger partial charge in [-0.2, -0.15) is 5.26 Å². The molecule has 0 spiro atoms. The van der Waals surface area contributed by atoms with E-state index in [1.165, 1.54) is 0 Å². The molecule has 0 aliphatic carbocycles. The van der Waals surface area contributed by atoms with E-state index in [4.69, 9.17) is 23.3 Å². The number of benzene rings is 1. The zero-order valence-electron chi connectivity index (χ0n) is 7.71. The highest BCUT2D eigenvalue weighted by Gasteiger charge is 2.03. The van der Waals surface area contributed by atoms with Gasteiger partial charge in [0, 0.05) is 0 Å². The van der Waals surface area contributed by atoms with Crippen molar-refractivity contribution >= 4 is 17.3 Å². The second kappa shape index (κ2) is 4.56. The van der Waals surface area contributed by atoms with Gasteiger partial charge in [0.05, 0.1) is 28.4 Å². The van der Waals surface area contributed by atoms with E-state index >= 15 is 0 Å². The molecule has 1 aromatic rings. The molecule has 0 bridgehead atoms. The van der Waals surface area contributed by atoms with Gasteiger partial charge in [-0.15, -0.1) is 6.42 Å². The van der Waals surface area contributed by atoms with Gasteiger partial charge in [-0.3, -0.25) is 0 Å². The van der Waals surface area contributed by atoms with Crippen LogP contribution in [0.4, 0.5) is 5.69 Å². The molecule has 0 fully saturated rings. The Morgan fingerprint density at radius 3 is 2.86 bits per heavy atom. The summed E-state index contributed by atoms with van der Waals surface area (Å²) in [6.45, 7) is 1.84. The fraction of sp³-hybridized carbons (Fsp3) is 0.182. The molecule has 3 heteroatoms. The minimum Gasteiger partial charge on any atom is -0.371 e. The second-order valence-corrected chi connectivity index (χ2v) is 3.25. The number of nitrogens with zero attached hydrogens (tertiary/aromatic N) is 1. The molecule has 0 heterocycles. The average Bonchev–Trinajstić information content (AvgIpc) is 2.21. The molecule has 2 nitrogen and oxygen atoms in total. The molecule has 0 saturated heterocycles. The fourth-order valence-corrected chi connectivity index (χ4v) is 1.15. The number of terminal acetylenes is 1. The zero-order chi connectivity index (χ0) is 10.6. The Kier molecular flexibility index (Phi) is 3.40. The van der Waals surface area contributed by atoms with Gasteiger partial charge < -0.3 is 5.32 Å². The molecule has 0 aliphatic rings. The van der Waals surface area contributed by atoms with Crippen LogP contribution in [-0.2, 0) is 0 Å². The van der Waals surface area contributed by atoms with E-state index in [-0.39, 0.29) is 6.04 Å². The topological polar surface area (TPSA) is 35.8 Å². The van der Waals surface area contributed by atoms with E-state index < -0.39 is 0 Å². The maximum absolute atomic E-state index is 8.68. The van der Waals surface area contributed by atoms with Gasteiger partial charge in [-0.1, -0.05) is 17.5 Å². The van der Waals surface area contributed by atoms with Gasteiger partial charge in [0.15, 0.2) is 0 Å². The first-order chi connectivity index (χ1) is 6.67. The lowest BCUT2D eigenvalue weighted by atomic mass is 10.2. The Morgan fingerprint density at radius 2 is 2.29 bits per heavy atom. The molecule has 0 aromatic heterocycles. The van der Waals surface area contributed by atoms with Crippen LogP contribution >= 0.6 is 11.6 Å². The second-order valence-electron chi connectivity index (χ2n) is 2.84. The van der Waals surface area contributed by atoms with Crippen LogP contribution in [0.2, 0.25) is 5.02 Å². The number of anilines is 1. The van der Waals surface area contributed by atoms with E-state index in [1.54, 1.807) is 18.2 Å². The van der Waals surface area contributed by atoms with Crippen molar-refractivity contribution < 1.29 is 0 Å². The van der Waals surface area contributed by atoms with Crippen LogP contribution in [0.3, 0.4) is 0 Å². The molecule has 1 aromatic carbocycles. The van der Waals surface area contributed by atoms with E-state index in [1.807, 2.05) is 13.0 Å². The monoisotopic (exact) mass is 204 g/mol. The van der Waals surface area contributed by atoms with Crippen LogP contribution < -0.4 is 5.32 Å². The number of nitrogens with one attached hydrogen (secondary N) is 1. The highest BCUT2D eigenvalue weighted by Crippen LogP contribution is 2.23. The fourth-order valence-electron chi connectivity index (χ4n) is 0.980. The van der Waals surface area contributed by atoms with E-state index in [9.17, 15) is 0 Å². The highest BCUT2D eigenvalue weighted by atomic mass is 35.5. The molecule has 1 rings (SSSR count). The van der Waals surface area contributed by atoms with Crippen molar-refractivity contribution in [3.63, 3.8) is 0 Å². The molecule has 70 valence electrons. The summed E-state index contributed by atoms with van der Waals surface area (Å²) in [7, 11) is 0. The van der Waals surface area contributed by atoms with Crippen LogP contribution in [0.25, 0.3) is 0 Å². The van der Waals surface area contributed by atoms with Crippen LogP contribution in [0, 0.1) is 23.7 Å². The third-order valence-corrected chi connectivity index (χ3v) is 2.05. The molecule has 1 N–H and O–H groups in total. The average molecular weight is 205 g/mol. The predicted octanol–water partition coefficient (Wildman–Crippen LogP) is 2.65. The minimum absolute atomic E-state index is 0.110. The smallest absolute Gasteiger partial charge is 0.0992 e. The van der Waals surface area contributed by atoms with Crippen molar-refractivity contribution in [1.29, 1.82) is 5.26 Å². The quantitative estimate of drug-likeness (QED) is 0.752. The number of nitriles is 1. The van der Waals surface area contributed by atoms with Crippen LogP contribution in [0.15, 0.2) is 18.2 Å². The SMILES string of the molecule is C#CC(C)Nc1cc(C#N)ccc1Cl. The Balaban J connectivity index is 2.97.